The maximum atomic E-state index is 6.27. The third kappa shape index (κ3) is 3.53. The van der Waals surface area contributed by atoms with Crippen molar-refractivity contribution >= 4 is 11.6 Å². The second-order valence-corrected chi connectivity index (χ2v) is 6.57. The molecule has 0 aliphatic carbocycles. The monoisotopic (exact) mass is 339 g/mol. The van der Waals surface area contributed by atoms with Crippen LogP contribution in [0.1, 0.15) is 22.5 Å². The number of halogens is 1. The predicted octanol–water partition coefficient (Wildman–Crippen LogP) is 4.77. The molecule has 3 rings (SSSR count). The zero-order valence-corrected chi connectivity index (χ0v) is 15.1. The van der Waals surface area contributed by atoms with Crippen LogP contribution < -0.4 is 0 Å². The highest BCUT2D eigenvalue weighted by Gasteiger charge is 2.15. The quantitative estimate of drug-likeness (QED) is 0.667. The fraction of sp³-hybridized carbons (Fsp3) is 0.250. The number of para-hydroxylation sites is 1. The Labute approximate surface area is 148 Å². The van der Waals surface area contributed by atoms with Crippen LogP contribution >= 0.6 is 11.6 Å². The Morgan fingerprint density at radius 3 is 2.33 bits per heavy atom. The van der Waals surface area contributed by atoms with E-state index in [0.29, 0.717) is 0 Å². The number of hydrogen-bond donors (Lipinski definition) is 0. The molecule has 0 saturated heterocycles. The summed E-state index contributed by atoms with van der Waals surface area (Å²) in [5.74, 6) is 0. The van der Waals surface area contributed by atoms with E-state index in [4.69, 9.17) is 16.7 Å². The Bertz CT molecular complexity index is 824. The van der Waals surface area contributed by atoms with E-state index in [9.17, 15) is 0 Å². The Morgan fingerprint density at radius 2 is 1.62 bits per heavy atom. The van der Waals surface area contributed by atoms with Gasteiger partial charge in [-0.2, -0.15) is 5.10 Å². The van der Waals surface area contributed by atoms with Gasteiger partial charge in [0, 0.05) is 29.4 Å². The zero-order chi connectivity index (χ0) is 17.1. The average Bonchev–Trinajstić information content (AvgIpc) is 2.86. The van der Waals surface area contributed by atoms with E-state index >= 15 is 0 Å². The van der Waals surface area contributed by atoms with Crippen LogP contribution in [0.2, 0.25) is 5.02 Å². The summed E-state index contributed by atoms with van der Waals surface area (Å²) in [6, 6.07) is 18.3. The van der Waals surface area contributed by atoms with Crippen molar-refractivity contribution < 1.29 is 0 Å². The molecule has 24 heavy (non-hydrogen) atoms. The molecular formula is C20H22ClN3. The maximum absolute atomic E-state index is 6.27. The van der Waals surface area contributed by atoms with Gasteiger partial charge in [-0.25, -0.2) is 4.68 Å². The molecule has 0 aliphatic rings. The highest BCUT2D eigenvalue weighted by molar-refractivity contribution is 6.31. The summed E-state index contributed by atoms with van der Waals surface area (Å²) >= 11 is 6.27. The molecule has 0 N–H and O–H groups in total. The highest BCUT2D eigenvalue weighted by atomic mass is 35.5. The summed E-state index contributed by atoms with van der Waals surface area (Å²) in [7, 11) is 2.11. The lowest BCUT2D eigenvalue weighted by molar-refractivity contribution is 0.318. The molecule has 0 atom stereocenters. The molecule has 0 fully saturated rings. The summed E-state index contributed by atoms with van der Waals surface area (Å²) < 4.78 is 2.02. The zero-order valence-electron chi connectivity index (χ0n) is 14.3. The van der Waals surface area contributed by atoms with Gasteiger partial charge in [0.25, 0.3) is 0 Å². The number of nitrogens with zero attached hydrogens (tertiary/aromatic N) is 3. The normalized spacial score (nSPS) is 11.2. The molecule has 3 nitrogen and oxygen atoms in total. The van der Waals surface area contributed by atoms with Gasteiger partial charge < -0.3 is 0 Å². The largest absolute Gasteiger partial charge is 0.298 e. The van der Waals surface area contributed by atoms with Gasteiger partial charge in [0.1, 0.15) is 0 Å². The molecule has 0 bridgehead atoms. The third-order valence-corrected chi connectivity index (χ3v) is 4.64. The summed E-state index contributed by atoms with van der Waals surface area (Å²) in [5, 5.41) is 5.54. The van der Waals surface area contributed by atoms with Crippen LogP contribution in [0.5, 0.6) is 0 Å². The molecule has 2 aromatic carbocycles. The van der Waals surface area contributed by atoms with Crippen molar-refractivity contribution in [2.75, 3.05) is 7.05 Å². The topological polar surface area (TPSA) is 21.1 Å². The van der Waals surface area contributed by atoms with Gasteiger partial charge in [0.2, 0.25) is 0 Å². The first-order valence-corrected chi connectivity index (χ1v) is 8.46. The van der Waals surface area contributed by atoms with Gasteiger partial charge in [-0.05, 0) is 44.7 Å². The van der Waals surface area contributed by atoms with Crippen molar-refractivity contribution in [3.8, 4) is 5.69 Å². The minimum atomic E-state index is 0.815. The van der Waals surface area contributed by atoms with Crippen LogP contribution in [-0.4, -0.2) is 21.7 Å². The predicted molar refractivity (Wildman–Crippen MR) is 99.7 cm³/mol. The minimum absolute atomic E-state index is 0.815. The number of hydrogen-bond acceptors (Lipinski definition) is 2. The van der Waals surface area contributed by atoms with Gasteiger partial charge in [-0.1, -0.05) is 48.0 Å². The van der Waals surface area contributed by atoms with E-state index in [0.717, 1.165) is 35.1 Å². The highest BCUT2D eigenvalue weighted by Crippen LogP contribution is 2.21. The van der Waals surface area contributed by atoms with Crippen LogP contribution in [0, 0.1) is 13.8 Å². The molecule has 0 amide bonds. The number of aromatic nitrogens is 2. The number of benzene rings is 2. The molecule has 0 spiro atoms. The van der Waals surface area contributed by atoms with Crippen molar-refractivity contribution in [3.05, 3.63) is 82.1 Å². The van der Waals surface area contributed by atoms with E-state index in [1.165, 1.54) is 11.3 Å². The van der Waals surface area contributed by atoms with E-state index in [1.807, 2.05) is 41.1 Å². The van der Waals surface area contributed by atoms with Gasteiger partial charge in [0.15, 0.2) is 0 Å². The molecule has 1 heterocycles. The molecule has 1 aromatic heterocycles. The average molecular weight is 340 g/mol. The fourth-order valence-corrected chi connectivity index (χ4v) is 3.16. The van der Waals surface area contributed by atoms with Crippen LogP contribution in [0.15, 0.2) is 54.6 Å². The third-order valence-electron chi connectivity index (χ3n) is 4.27. The fourth-order valence-electron chi connectivity index (χ4n) is 2.97. The smallest absolute Gasteiger partial charge is 0.0648 e. The van der Waals surface area contributed by atoms with E-state index in [1.54, 1.807) is 0 Å². The first-order valence-electron chi connectivity index (χ1n) is 8.08. The van der Waals surface area contributed by atoms with Gasteiger partial charge in [0.05, 0.1) is 11.4 Å². The van der Waals surface area contributed by atoms with Crippen LogP contribution in [0.4, 0.5) is 0 Å². The van der Waals surface area contributed by atoms with Crippen molar-refractivity contribution in [2.45, 2.75) is 26.9 Å². The van der Waals surface area contributed by atoms with Crippen molar-refractivity contribution in [1.29, 1.82) is 0 Å². The van der Waals surface area contributed by atoms with Crippen molar-refractivity contribution in [3.63, 3.8) is 0 Å². The molecule has 3 aromatic rings. The van der Waals surface area contributed by atoms with Gasteiger partial charge >= 0.3 is 0 Å². The Balaban J connectivity index is 1.80. The van der Waals surface area contributed by atoms with Gasteiger partial charge in [-0.15, -0.1) is 0 Å². The molecular weight excluding hydrogens is 318 g/mol. The first-order chi connectivity index (χ1) is 11.6. The van der Waals surface area contributed by atoms with E-state index in [-0.39, 0.29) is 0 Å². The summed E-state index contributed by atoms with van der Waals surface area (Å²) in [6.07, 6.45) is 0. The molecule has 0 aliphatic heterocycles. The van der Waals surface area contributed by atoms with Crippen molar-refractivity contribution in [1.82, 2.24) is 14.7 Å². The molecule has 0 saturated carbocycles. The standard InChI is InChI=1S/C20H22ClN3/c1-15-19(14-23(3)13-17-9-7-8-12-20(17)21)16(2)24(22-15)18-10-5-4-6-11-18/h4-12H,13-14H2,1-3H3. The summed E-state index contributed by atoms with van der Waals surface area (Å²) in [5.41, 5.74) is 5.77. The minimum Gasteiger partial charge on any atom is -0.298 e. The summed E-state index contributed by atoms with van der Waals surface area (Å²) in [4.78, 5) is 2.27. The Kier molecular flexibility index (Phi) is 5.03. The van der Waals surface area contributed by atoms with Crippen LogP contribution in [-0.2, 0) is 13.1 Å². The molecule has 0 unspecified atom stereocenters. The van der Waals surface area contributed by atoms with E-state index in [2.05, 4.69) is 44.0 Å². The van der Waals surface area contributed by atoms with E-state index < -0.39 is 0 Å². The second-order valence-electron chi connectivity index (χ2n) is 6.16. The number of rotatable bonds is 5. The lowest BCUT2D eigenvalue weighted by Crippen LogP contribution is -2.18. The Morgan fingerprint density at radius 1 is 0.958 bits per heavy atom. The molecule has 0 radical (unpaired) electrons. The first kappa shape index (κ1) is 16.7. The lowest BCUT2D eigenvalue weighted by atomic mass is 10.1. The number of aryl methyl sites for hydroxylation is 1. The van der Waals surface area contributed by atoms with Crippen molar-refractivity contribution in [2.24, 2.45) is 0 Å². The van der Waals surface area contributed by atoms with Crippen LogP contribution in [0.25, 0.3) is 5.69 Å². The SMILES string of the molecule is Cc1nn(-c2ccccc2)c(C)c1CN(C)Cc1ccccc1Cl. The maximum Gasteiger partial charge on any atom is 0.0648 e. The second kappa shape index (κ2) is 7.20. The Hall–Kier alpha value is -2.10. The lowest BCUT2D eigenvalue weighted by Gasteiger charge is -2.18. The molecule has 124 valence electrons. The van der Waals surface area contributed by atoms with Gasteiger partial charge in [-0.3, -0.25) is 4.90 Å². The molecule has 4 heteroatoms. The van der Waals surface area contributed by atoms with Crippen LogP contribution in [0.3, 0.4) is 0 Å². The summed E-state index contributed by atoms with van der Waals surface area (Å²) in [6.45, 7) is 5.86.